The normalized spacial score (nSPS) is 21.5. The van der Waals surface area contributed by atoms with Gasteiger partial charge in [-0.2, -0.15) is 0 Å². The van der Waals surface area contributed by atoms with Crippen molar-refractivity contribution in [3.05, 3.63) is 17.7 Å². The summed E-state index contributed by atoms with van der Waals surface area (Å²) >= 11 is 0. The second kappa shape index (κ2) is 6.79. The summed E-state index contributed by atoms with van der Waals surface area (Å²) < 4.78 is 36.5. The van der Waals surface area contributed by atoms with Crippen molar-refractivity contribution in [1.82, 2.24) is 9.21 Å². The van der Waals surface area contributed by atoms with Gasteiger partial charge in [-0.1, -0.05) is 0 Å². The van der Waals surface area contributed by atoms with Gasteiger partial charge in [-0.15, -0.1) is 0 Å². The fourth-order valence-corrected chi connectivity index (χ4v) is 4.96. The molecule has 0 saturated carbocycles. The monoisotopic (exact) mass is 382 g/mol. The summed E-state index contributed by atoms with van der Waals surface area (Å²) in [4.78, 5) is 26.8. The Hall–Kier alpha value is -2.29. The molecule has 2 heterocycles. The molecule has 26 heavy (non-hydrogen) atoms. The topological polar surface area (TPSA) is 93.2 Å². The van der Waals surface area contributed by atoms with Gasteiger partial charge in [0.05, 0.1) is 19.8 Å². The van der Waals surface area contributed by atoms with Crippen LogP contribution in [0.5, 0.6) is 11.5 Å². The van der Waals surface area contributed by atoms with E-state index in [9.17, 15) is 18.0 Å². The van der Waals surface area contributed by atoms with Crippen LogP contribution in [0.3, 0.4) is 0 Å². The van der Waals surface area contributed by atoms with Gasteiger partial charge in [0.1, 0.15) is 11.4 Å². The minimum atomic E-state index is -4.10. The van der Waals surface area contributed by atoms with Crippen molar-refractivity contribution >= 4 is 21.8 Å². The predicted octanol–water partition coefficient (Wildman–Crippen LogP) is 1.25. The molecule has 1 saturated heterocycles. The summed E-state index contributed by atoms with van der Waals surface area (Å²) in [6.45, 7) is 2.02. The number of likely N-dealkylation sites (tertiary alicyclic amines) is 1. The molecule has 2 aliphatic rings. The van der Waals surface area contributed by atoms with Crippen LogP contribution in [-0.4, -0.2) is 62.8 Å². The first-order valence-electron chi connectivity index (χ1n) is 8.43. The standard InChI is InChI=1S/C17H22N2O6S/c1-11-6-4-5-7-18(11)16(20)10-19-17(21)12-8-13(24-2)14(25-3)9-15(12)26(19,22)23/h8-9,11H,4-7,10H2,1-3H3. The van der Waals surface area contributed by atoms with Crippen LogP contribution < -0.4 is 9.47 Å². The molecule has 0 N–H and O–H groups in total. The van der Waals surface area contributed by atoms with Gasteiger partial charge in [-0.25, -0.2) is 12.7 Å². The van der Waals surface area contributed by atoms with Crippen molar-refractivity contribution in [3.63, 3.8) is 0 Å². The van der Waals surface area contributed by atoms with E-state index >= 15 is 0 Å². The highest BCUT2D eigenvalue weighted by molar-refractivity contribution is 7.90. The molecule has 0 radical (unpaired) electrons. The Morgan fingerprint density at radius 2 is 1.85 bits per heavy atom. The molecule has 2 aliphatic heterocycles. The number of carbonyl (C=O) groups excluding carboxylic acids is 2. The highest BCUT2D eigenvalue weighted by atomic mass is 32.2. The molecule has 1 aromatic carbocycles. The number of amides is 2. The molecule has 9 heteroatoms. The van der Waals surface area contributed by atoms with Crippen LogP contribution in [-0.2, 0) is 14.8 Å². The Bertz CT molecular complexity index is 851. The lowest BCUT2D eigenvalue weighted by atomic mass is 10.0. The van der Waals surface area contributed by atoms with Crippen molar-refractivity contribution in [3.8, 4) is 11.5 Å². The molecule has 1 fully saturated rings. The van der Waals surface area contributed by atoms with Crippen LogP contribution in [0.1, 0.15) is 36.5 Å². The molecule has 142 valence electrons. The molecule has 2 amide bonds. The molecule has 0 spiro atoms. The molecular formula is C17H22N2O6S. The molecule has 1 unspecified atom stereocenters. The number of carbonyl (C=O) groups is 2. The van der Waals surface area contributed by atoms with Gasteiger partial charge in [-0.05, 0) is 32.3 Å². The van der Waals surface area contributed by atoms with Crippen molar-refractivity contribution in [2.75, 3.05) is 27.3 Å². The Morgan fingerprint density at radius 3 is 2.46 bits per heavy atom. The highest BCUT2D eigenvalue weighted by Gasteiger charge is 2.44. The number of hydrogen-bond acceptors (Lipinski definition) is 6. The maximum absolute atomic E-state index is 12.8. The third-order valence-corrected chi connectivity index (χ3v) is 6.68. The van der Waals surface area contributed by atoms with E-state index in [1.807, 2.05) is 6.92 Å². The van der Waals surface area contributed by atoms with Crippen LogP contribution in [0.2, 0.25) is 0 Å². The van der Waals surface area contributed by atoms with Crippen molar-refractivity contribution < 1.29 is 27.5 Å². The smallest absolute Gasteiger partial charge is 0.269 e. The minimum absolute atomic E-state index is 0.0119. The zero-order chi connectivity index (χ0) is 19.1. The molecule has 1 atom stereocenters. The Morgan fingerprint density at radius 1 is 1.19 bits per heavy atom. The molecule has 0 aliphatic carbocycles. The molecule has 0 bridgehead atoms. The van der Waals surface area contributed by atoms with Crippen LogP contribution in [0.25, 0.3) is 0 Å². The lowest BCUT2D eigenvalue weighted by molar-refractivity contribution is -0.134. The maximum Gasteiger partial charge on any atom is 0.269 e. The SMILES string of the molecule is COc1cc2c(cc1OC)S(=O)(=O)N(CC(=O)N1CCCCC1C)C2=O. The number of hydrogen-bond donors (Lipinski definition) is 0. The van der Waals surface area contributed by atoms with Gasteiger partial charge in [0.15, 0.2) is 11.5 Å². The Labute approximate surface area is 152 Å². The Balaban J connectivity index is 1.92. The number of sulfonamides is 1. The third kappa shape index (κ3) is 2.90. The number of nitrogens with zero attached hydrogens (tertiary/aromatic N) is 2. The second-order valence-electron chi connectivity index (χ2n) is 6.45. The van der Waals surface area contributed by atoms with E-state index in [0.29, 0.717) is 10.8 Å². The number of piperidine rings is 1. The zero-order valence-electron chi connectivity index (χ0n) is 15.0. The number of fused-ring (bicyclic) bond motifs is 1. The van der Waals surface area contributed by atoms with Crippen LogP contribution >= 0.6 is 0 Å². The molecule has 3 rings (SSSR count). The average molecular weight is 382 g/mol. The van der Waals surface area contributed by atoms with E-state index in [1.165, 1.54) is 26.4 Å². The van der Waals surface area contributed by atoms with E-state index < -0.39 is 22.5 Å². The third-order valence-electron chi connectivity index (χ3n) is 4.91. The molecule has 8 nitrogen and oxygen atoms in total. The summed E-state index contributed by atoms with van der Waals surface area (Å²) in [5.41, 5.74) is -0.0119. The highest BCUT2D eigenvalue weighted by Crippen LogP contribution is 2.38. The second-order valence-corrected chi connectivity index (χ2v) is 8.28. The maximum atomic E-state index is 12.8. The quantitative estimate of drug-likeness (QED) is 0.778. The van der Waals surface area contributed by atoms with Crippen LogP contribution in [0.4, 0.5) is 0 Å². The number of benzene rings is 1. The van der Waals surface area contributed by atoms with Gasteiger partial charge in [0.25, 0.3) is 15.9 Å². The lowest BCUT2D eigenvalue weighted by Crippen LogP contribution is -2.48. The van der Waals surface area contributed by atoms with Gasteiger partial charge in [0.2, 0.25) is 5.91 Å². The summed E-state index contributed by atoms with van der Waals surface area (Å²) in [5.74, 6) is -0.618. The van der Waals surface area contributed by atoms with Crippen LogP contribution in [0, 0.1) is 0 Å². The van der Waals surface area contributed by atoms with Gasteiger partial charge in [-0.3, -0.25) is 9.59 Å². The summed E-state index contributed by atoms with van der Waals surface area (Å²) in [6.07, 6.45) is 2.80. The first-order valence-corrected chi connectivity index (χ1v) is 9.87. The lowest BCUT2D eigenvalue weighted by Gasteiger charge is -2.34. The average Bonchev–Trinajstić information content (AvgIpc) is 2.81. The van der Waals surface area contributed by atoms with E-state index in [0.717, 1.165) is 19.3 Å². The number of rotatable bonds is 4. The number of methoxy groups -OCH3 is 2. The summed E-state index contributed by atoms with van der Waals surface area (Å²) in [6, 6.07) is 2.64. The number of ether oxygens (including phenoxy) is 2. The van der Waals surface area contributed by atoms with E-state index in [1.54, 1.807) is 4.90 Å². The van der Waals surface area contributed by atoms with E-state index in [-0.39, 0.29) is 33.9 Å². The first kappa shape index (κ1) is 18.5. The largest absolute Gasteiger partial charge is 0.493 e. The zero-order valence-corrected chi connectivity index (χ0v) is 15.8. The fraction of sp³-hybridized carbons (Fsp3) is 0.529. The van der Waals surface area contributed by atoms with Gasteiger partial charge >= 0.3 is 0 Å². The Kier molecular flexibility index (Phi) is 4.83. The van der Waals surface area contributed by atoms with Gasteiger partial charge < -0.3 is 14.4 Å². The summed E-state index contributed by atoms with van der Waals surface area (Å²) in [7, 11) is -1.32. The van der Waals surface area contributed by atoms with E-state index in [4.69, 9.17) is 9.47 Å². The minimum Gasteiger partial charge on any atom is -0.493 e. The summed E-state index contributed by atoms with van der Waals surface area (Å²) in [5, 5.41) is 0. The van der Waals surface area contributed by atoms with Crippen molar-refractivity contribution in [2.24, 2.45) is 0 Å². The first-order chi connectivity index (χ1) is 12.3. The van der Waals surface area contributed by atoms with Crippen molar-refractivity contribution in [2.45, 2.75) is 37.1 Å². The molecule has 0 aromatic heterocycles. The van der Waals surface area contributed by atoms with Crippen LogP contribution in [0.15, 0.2) is 17.0 Å². The van der Waals surface area contributed by atoms with Crippen molar-refractivity contribution in [1.29, 1.82) is 0 Å². The predicted molar refractivity (Wildman–Crippen MR) is 92.8 cm³/mol. The molecule has 1 aromatic rings. The van der Waals surface area contributed by atoms with Gasteiger partial charge in [0, 0.05) is 18.7 Å². The van der Waals surface area contributed by atoms with E-state index in [2.05, 4.69) is 0 Å². The fourth-order valence-electron chi connectivity index (χ4n) is 3.44. The molecular weight excluding hydrogens is 360 g/mol.